The number of nitrogens with zero attached hydrogens (tertiary/aromatic N) is 1. The molecule has 0 bridgehead atoms. The van der Waals surface area contributed by atoms with Gasteiger partial charge in [0.05, 0.1) is 13.7 Å². The summed E-state index contributed by atoms with van der Waals surface area (Å²) in [5.41, 5.74) is 2.33. The maximum atomic E-state index is 11.1. The third-order valence-corrected chi connectivity index (χ3v) is 2.74. The first-order valence-electron chi connectivity index (χ1n) is 5.63. The first-order chi connectivity index (χ1) is 9.15. The molecule has 0 fully saturated rings. The Morgan fingerprint density at radius 3 is 2.47 bits per heavy atom. The second-order valence-corrected chi connectivity index (χ2v) is 3.94. The van der Waals surface area contributed by atoms with Gasteiger partial charge in [0.1, 0.15) is 5.56 Å². The van der Waals surface area contributed by atoms with Gasteiger partial charge in [-0.05, 0) is 17.2 Å². The van der Waals surface area contributed by atoms with Gasteiger partial charge in [-0.25, -0.2) is 9.78 Å². The highest BCUT2D eigenvalue weighted by Crippen LogP contribution is 2.24. The van der Waals surface area contributed by atoms with Gasteiger partial charge in [-0.1, -0.05) is 24.3 Å². The molecule has 5 nitrogen and oxygen atoms in total. The molecule has 0 radical (unpaired) electrons. The van der Waals surface area contributed by atoms with Crippen LogP contribution in [0.5, 0.6) is 5.88 Å². The number of carbonyl (C=O) groups is 1. The molecule has 98 valence electrons. The second-order valence-electron chi connectivity index (χ2n) is 3.94. The van der Waals surface area contributed by atoms with Crippen molar-refractivity contribution in [2.24, 2.45) is 0 Å². The molecular formula is C14H13NO4. The molecule has 2 rings (SSSR count). The van der Waals surface area contributed by atoms with E-state index < -0.39 is 5.97 Å². The molecule has 0 atom stereocenters. The number of hydrogen-bond donors (Lipinski definition) is 2. The van der Waals surface area contributed by atoms with Crippen LogP contribution in [0.25, 0.3) is 11.1 Å². The number of methoxy groups -OCH3 is 1. The number of carboxylic acid groups (broad SMARTS) is 1. The average molecular weight is 259 g/mol. The predicted molar refractivity (Wildman–Crippen MR) is 69.1 cm³/mol. The minimum absolute atomic E-state index is 0.0197. The van der Waals surface area contributed by atoms with Crippen molar-refractivity contribution in [3.8, 4) is 17.0 Å². The third-order valence-electron chi connectivity index (χ3n) is 2.74. The number of aliphatic hydroxyl groups excluding tert-OH is 1. The smallest absolute Gasteiger partial charge is 0.341 e. The molecule has 0 amide bonds. The Kier molecular flexibility index (Phi) is 3.77. The molecule has 19 heavy (non-hydrogen) atoms. The Morgan fingerprint density at radius 2 is 1.95 bits per heavy atom. The Hall–Kier alpha value is -2.40. The zero-order valence-corrected chi connectivity index (χ0v) is 10.3. The van der Waals surface area contributed by atoms with Crippen LogP contribution in [-0.4, -0.2) is 28.3 Å². The number of rotatable bonds is 4. The fourth-order valence-electron chi connectivity index (χ4n) is 1.73. The summed E-state index contributed by atoms with van der Waals surface area (Å²) in [5, 5.41) is 18.1. The van der Waals surface area contributed by atoms with Gasteiger partial charge in [-0.2, -0.15) is 0 Å². The highest BCUT2D eigenvalue weighted by atomic mass is 16.5. The quantitative estimate of drug-likeness (QED) is 0.877. The fraction of sp³-hybridized carbons (Fsp3) is 0.143. The molecule has 0 aliphatic heterocycles. The summed E-state index contributed by atoms with van der Waals surface area (Å²) in [6.45, 7) is -0.0263. The zero-order chi connectivity index (χ0) is 13.8. The Bertz CT molecular complexity index is 593. The van der Waals surface area contributed by atoms with Crippen LogP contribution in [0.15, 0.2) is 36.5 Å². The summed E-state index contributed by atoms with van der Waals surface area (Å²) in [4.78, 5) is 15.1. The van der Waals surface area contributed by atoms with Crippen LogP contribution < -0.4 is 4.74 Å². The van der Waals surface area contributed by atoms with Gasteiger partial charge in [0, 0.05) is 11.8 Å². The van der Waals surface area contributed by atoms with Gasteiger partial charge in [0.15, 0.2) is 0 Å². The normalized spacial score (nSPS) is 10.2. The van der Waals surface area contributed by atoms with E-state index in [1.807, 2.05) is 0 Å². The lowest BCUT2D eigenvalue weighted by Gasteiger charge is -2.07. The lowest BCUT2D eigenvalue weighted by atomic mass is 10.0. The predicted octanol–water partition coefficient (Wildman–Crippen LogP) is 1.95. The summed E-state index contributed by atoms with van der Waals surface area (Å²) in [5.74, 6) is -0.999. The van der Waals surface area contributed by atoms with Crippen molar-refractivity contribution in [2.75, 3.05) is 7.11 Å². The summed E-state index contributed by atoms with van der Waals surface area (Å²) < 4.78 is 4.91. The molecule has 2 aromatic rings. The number of ether oxygens (including phenoxy) is 1. The van der Waals surface area contributed by atoms with Crippen molar-refractivity contribution >= 4 is 5.97 Å². The van der Waals surface area contributed by atoms with E-state index in [0.717, 1.165) is 11.1 Å². The standard InChI is InChI=1S/C14H13NO4/c1-19-13-12(14(17)18)6-11(7-15-13)10-4-2-9(8-16)3-5-10/h2-7,16H,8H2,1H3,(H,17,18). The van der Waals surface area contributed by atoms with Gasteiger partial charge in [0.25, 0.3) is 0 Å². The van der Waals surface area contributed by atoms with Crippen molar-refractivity contribution in [1.29, 1.82) is 0 Å². The van der Waals surface area contributed by atoms with Crippen molar-refractivity contribution in [2.45, 2.75) is 6.61 Å². The summed E-state index contributed by atoms with van der Waals surface area (Å²) in [6, 6.07) is 8.68. The highest BCUT2D eigenvalue weighted by Gasteiger charge is 2.13. The monoisotopic (exact) mass is 259 g/mol. The third kappa shape index (κ3) is 2.71. The van der Waals surface area contributed by atoms with E-state index in [0.29, 0.717) is 5.56 Å². The van der Waals surface area contributed by atoms with E-state index in [2.05, 4.69) is 4.98 Å². The number of carboxylic acids is 1. The van der Waals surface area contributed by atoms with E-state index >= 15 is 0 Å². The van der Waals surface area contributed by atoms with Crippen molar-refractivity contribution in [1.82, 2.24) is 4.98 Å². The minimum atomic E-state index is -1.09. The number of hydrogen-bond acceptors (Lipinski definition) is 4. The van der Waals surface area contributed by atoms with E-state index in [1.165, 1.54) is 13.2 Å². The molecule has 0 aliphatic rings. The van der Waals surface area contributed by atoms with Crippen molar-refractivity contribution in [3.63, 3.8) is 0 Å². The Labute approximate surface area is 110 Å². The molecule has 1 aromatic heterocycles. The summed E-state index contributed by atoms with van der Waals surface area (Å²) in [7, 11) is 1.38. The van der Waals surface area contributed by atoms with E-state index in [-0.39, 0.29) is 18.1 Å². The van der Waals surface area contributed by atoms with Crippen LogP contribution in [0.3, 0.4) is 0 Å². The Balaban J connectivity index is 2.44. The zero-order valence-electron chi connectivity index (χ0n) is 10.3. The molecule has 1 heterocycles. The fourth-order valence-corrected chi connectivity index (χ4v) is 1.73. The largest absolute Gasteiger partial charge is 0.480 e. The van der Waals surface area contributed by atoms with Crippen LogP contribution in [0, 0.1) is 0 Å². The molecule has 0 saturated heterocycles. The molecule has 0 saturated carbocycles. The van der Waals surface area contributed by atoms with Crippen molar-refractivity contribution < 1.29 is 19.7 Å². The van der Waals surface area contributed by atoms with Gasteiger partial charge in [0.2, 0.25) is 5.88 Å². The first-order valence-corrected chi connectivity index (χ1v) is 5.63. The molecule has 1 aromatic carbocycles. The SMILES string of the molecule is COc1ncc(-c2ccc(CO)cc2)cc1C(=O)O. The van der Waals surface area contributed by atoms with Gasteiger partial charge in [-0.3, -0.25) is 0 Å². The Morgan fingerprint density at radius 1 is 1.26 bits per heavy atom. The summed E-state index contributed by atoms with van der Waals surface area (Å²) in [6.07, 6.45) is 1.55. The molecular weight excluding hydrogens is 246 g/mol. The van der Waals surface area contributed by atoms with E-state index in [1.54, 1.807) is 30.5 Å². The van der Waals surface area contributed by atoms with E-state index in [4.69, 9.17) is 14.9 Å². The number of aliphatic hydroxyl groups is 1. The number of aromatic carboxylic acids is 1. The van der Waals surface area contributed by atoms with Crippen LogP contribution in [0.1, 0.15) is 15.9 Å². The van der Waals surface area contributed by atoms with Gasteiger partial charge >= 0.3 is 5.97 Å². The van der Waals surface area contributed by atoms with E-state index in [9.17, 15) is 4.79 Å². The average Bonchev–Trinajstić information content (AvgIpc) is 2.46. The maximum Gasteiger partial charge on any atom is 0.341 e. The molecule has 0 spiro atoms. The van der Waals surface area contributed by atoms with Crippen LogP contribution in [-0.2, 0) is 6.61 Å². The van der Waals surface area contributed by atoms with Crippen LogP contribution in [0.4, 0.5) is 0 Å². The van der Waals surface area contributed by atoms with Crippen LogP contribution in [0.2, 0.25) is 0 Å². The maximum absolute atomic E-state index is 11.1. The molecule has 0 unspecified atom stereocenters. The lowest BCUT2D eigenvalue weighted by Crippen LogP contribution is -2.02. The first kappa shape index (κ1) is 13.0. The molecule has 2 N–H and O–H groups in total. The highest BCUT2D eigenvalue weighted by molar-refractivity contribution is 5.91. The number of benzene rings is 1. The number of aromatic nitrogens is 1. The molecule has 0 aliphatic carbocycles. The second kappa shape index (κ2) is 5.49. The van der Waals surface area contributed by atoms with Crippen molar-refractivity contribution in [3.05, 3.63) is 47.7 Å². The topological polar surface area (TPSA) is 79.7 Å². The molecule has 5 heteroatoms. The van der Waals surface area contributed by atoms with Gasteiger partial charge in [-0.15, -0.1) is 0 Å². The summed E-state index contributed by atoms with van der Waals surface area (Å²) >= 11 is 0. The van der Waals surface area contributed by atoms with Gasteiger partial charge < -0.3 is 14.9 Å². The lowest BCUT2D eigenvalue weighted by molar-refractivity contribution is 0.0692. The van der Waals surface area contributed by atoms with Crippen LogP contribution >= 0.6 is 0 Å². The minimum Gasteiger partial charge on any atom is -0.480 e. The number of pyridine rings is 1.